The number of hydrogen-bond acceptors (Lipinski definition) is 2. The van der Waals surface area contributed by atoms with Gasteiger partial charge in [-0.2, -0.15) is 0 Å². The molecule has 0 aliphatic heterocycles. The molecule has 148 valence electrons. The summed E-state index contributed by atoms with van der Waals surface area (Å²) in [6.45, 7) is 3.84. The molecule has 0 saturated carbocycles. The molecule has 0 aromatic heterocycles. The van der Waals surface area contributed by atoms with Crippen molar-refractivity contribution in [3.63, 3.8) is 0 Å². The van der Waals surface area contributed by atoms with Crippen molar-refractivity contribution in [3.8, 4) is 0 Å². The zero-order valence-electron chi connectivity index (χ0n) is 16.8. The van der Waals surface area contributed by atoms with Gasteiger partial charge in [0.15, 0.2) is 0 Å². The van der Waals surface area contributed by atoms with Crippen LogP contribution in [0.2, 0.25) is 0 Å². The number of hydrogen-bond donors (Lipinski definition) is 2. The molecule has 0 aliphatic rings. The highest BCUT2D eigenvalue weighted by Crippen LogP contribution is 2.20. The molecular weight excluding hydrogens is 360 g/mol. The van der Waals surface area contributed by atoms with Crippen LogP contribution in [0.25, 0.3) is 0 Å². The fourth-order valence-corrected chi connectivity index (χ4v) is 3.17. The Morgan fingerprint density at radius 3 is 2.03 bits per heavy atom. The van der Waals surface area contributed by atoms with Crippen molar-refractivity contribution in [2.24, 2.45) is 5.92 Å². The Morgan fingerprint density at radius 1 is 0.793 bits per heavy atom. The highest BCUT2D eigenvalue weighted by Gasteiger charge is 2.25. The molecule has 0 aliphatic carbocycles. The van der Waals surface area contributed by atoms with Crippen LogP contribution in [0.4, 0.5) is 5.69 Å². The van der Waals surface area contributed by atoms with Gasteiger partial charge in [0, 0.05) is 11.3 Å². The molecule has 2 N–H and O–H groups in total. The Labute approximate surface area is 172 Å². The van der Waals surface area contributed by atoms with E-state index in [9.17, 15) is 9.59 Å². The van der Waals surface area contributed by atoms with Gasteiger partial charge in [0.1, 0.15) is 6.04 Å². The van der Waals surface area contributed by atoms with Crippen molar-refractivity contribution in [2.45, 2.75) is 26.3 Å². The predicted octanol–water partition coefficient (Wildman–Crippen LogP) is 4.67. The lowest BCUT2D eigenvalue weighted by atomic mass is 10.0. The van der Waals surface area contributed by atoms with Gasteiger partial charge in [-0.1, -0.05) is 80.6 Å². The lowest BCUT2D eigenvalue weighted by Crippen LogP contribution is -2.47. The summed E-state index contributed by atoms with van der Waals surface area (Å²) in [4.78, 5) is 25.5. The van der Waals surface area contributed by atoms with E-state index >= 15 is 0 Å². The van der Waals surface area contributed by atoms with Gasteiger partial charge in [-0.15, -0.1) is 0 Å². The van der Waals surface area contributed by atoms with Gasteiger partial charge in [0.25, 0.3) is 5.91 Å². The molecular formula is C25H26N2O2. The number of para-hydroxylation sites is 1. The van der Waals surface area contributed by atoms with Crippen LogP contribution in [0, 0.1) is 5.92 Å². The lowest BCUT2D eigenvalue weighted by Gasteiger charge is -2.22. The van der Waals surface area contributed by atoms with Gasteiger partial charge in [0.05, 0.1) is 0 Å². The number of nitrogens with one attached hydrogen (secondary N) is 2. The van der Waals surface area contributed by atoms with Crippen LogP contribution in [-0.4, -0.2) is 17.9 Å². The summed E-state index contributed by atoms with van der Waals surface area (Å²) in [7, 11) is 0. The molecule has 0 radical (unpaired) electrons. The maximum absolute atomic E-state index is 13.0. The van der Waals surface area contributed by atoms with Crippen LogP contribution in [0.3, 0.4) is 0 Å². The second-order valence-corrected chi connectivity index (χ2v) is 7.37. The van der Waals surface area contributed by atoms with E-state index in [0.717, 1.165) is 17.7 Å². The Kier molecular flexibility index (Phi) is 6.80. The number of rotatable bonds is 7. The average Bonchev–Trinajstić information content (AvgIpc) is 2.74. The van der Waals surface area contributed by atoms with Gasteiger partial charge in [-0.25, -0.2) is 0 Å². The molecule has 4 nitrogen and oxygen atoms in total. The summed E-state index contributed by atoms with van der Waals surface area (Å²) >= 11 is 0. The molecule has 4 heteroatoms. The van der Waals surface area contributed by atoms with Crippen LogP contribution in [0.1, 0.15) is 35.3 Å². The fourth-order valence-electron chi connectivity index (χ4n) is 3.17. The Bertz CT molecular complexity index is 953. The molecule has 0 spiro atoms. The largest absolute Gasteiger partial charge is 0.340 e. The number of benzene rings is 3. The van der Waals surface area contributed by atoms with Crippen molar-refractivity contribution >= 4 is 17.5 Å². The van der Waals surface area contributed by atoms with Crippen LogP contribution in [-0.2, 0) is 11.2 Å². The average molecular weight is 386 g/mol. The van der Waals surface area contributed by atoms with Crippen LogP contribution >= 0.6 is 0 Å². The third-order valence-electron chi connectivity index (χ3n) is 4.78. The molecule has 0 fully saturated rings. The maximum Gasteiger partial charge on any atom is 0.251 e. The van der Waals surface area contributed by atoms with E-state index in [1.54, 1.807) is 24.3 Å². The normalized spacial score (nSPS) is 11.7. The zero-order valence-corrected chi connectivity index (χ0v) is 16.8. The van der Waals surface area contributed by atoms with E-state index in [0.29, 0.717) is 5.56 Å². The highest BCUT2D eigenvalue weighted by atomic mass is 16.2. The minimum absolute atomic E-state index is 0.0519. The summed E-state index contributed by atoms with van der Waals surface area (Å²) in [6.07, 6.45) is 0.722. The summed E-state index contributed by atoms with van der Waals surface area (Å²) in [5.74, 6) is -0.522. The quantitative estimate of drug-likeness (QED) is 0.620. The second kappa shape index (κ2) is 9.69. The van der Waals surface area contributed by atoms with E-state index in [2.05, 4.69) is 22.8 Å². The van der Waals surface area contributed by atoms with Crippen LogP contribution in [0.15, 0.2) is 84.9 Å². The predicted molar refractivity (Wildman–Crippen MR) is 117 cm³/mol. The topological polar surface area (TPSA) is 58.2 Å². The van der Waals surface area contributed by atoms with Crippen LogP contribution < -0.4 is 10.6 Å². The highest BCUT2D eigenvalue weighted by molar-refractivity contribution is 6.01. The van der Waals surface area contributed by atoms with Gasteiger partial charge < -0.3 is 10.6 Å². The van der Waals surface area contributed by atoms with Crippen molar-refractivity contribution in [3.05, 3.63) is 102 Å². The van der Waals surface area contributed by atoms with Gasteiger partial charge in [-0.3, -0.25) is 9.59 Å². The van der Waals surface area contributed by atoms with Gasteiger partial charge >= 0.3 is 0 Å². The Balaban J connectivity index is 1.74. The van der Waals surface area contributed by atoms with Crippen molar-refractivity contribution in [1.82, 2.24) is 5.32 Å². The third kappa shape index (κ3) is 5.55. The smallest absolute Gasteiger partial charge is 0.251 e. The fraction of sp³-hybridized carbons (Fsp3) is 0.200. The molecule has 2 amide bonds. The molecule has 3 rings (SSSR count). The van der Waals surface area contributed by atoms with Crippen molar-refractivity contribution < 1.29 is 9.59 Å². The second-order valence-electron chi connectivity index (χ2n) is 7.37. The van der Waals surface area contributed by atoms with Crippen molar-refractivity contribution in [1.29, 1.82) is 0 Å². The summed E-state index contributed by atoms with van der Waals surface area (Å²) in [5, 5.41) is 5.89. The summed E-state index contributed by atoms with van der Waals surface area (Å²) in [5.41, 5.74) is 3.51. The molecule has 0 heterocycles. The first kappa shape index (κ1) is 20.3. The Hall–Kier alpha value is -3.40. The molecule has 0 unspecified atom stereocenters. The van der Waals surface area contributed by atoms with Gasteiger partial charge in [0.2, 0.25) is 5.91 Å². The lowest BCUT2D eigenvalue weighted by molar-refractivity contribution is -0.118. The van der Waals surface area contributed by atoms with Crippen LogP contribution in [0.5, 0.6) is 0 Å². The molecule has 3 aromatic rings. The van der Waals surface area contributed by atoms with E-state index in [-0.39, 0.29) is 17.7 Å². The first-order valence-electron chi connectivity index (χ1n) is 9.83. The first-order chi connectivity index (χ1) is 14.0. The standard InChI is InChI=1S/C25H26N2O2/c1-18(2)23(27-24(28)20-13-7-4-8-14-20)25(29)26-22-16-10-9-15-21(22)17-19-11-5-3-6-12-19/h3-16,18,23H,17H2,1-2H3,(H,26,29)(H,27,28)/t23-/m0/s1. The zero-order chi connectivity index (χ0) is 20.6. The third-order valence-corrected chi connectivity index (χ3v) is 4.78. The monoisotopic (exact) mass is 386 g/mol. The number of carbonyl (C=O) groups excluding carboxylic acids is 2. The first-order valence-corrected chi connectivity index (χ1v) is 9.83. The number of carbonyl (C=O) groups is 2. The minimum atomic E-state index is -0.632. The summed E-state index contributed by atoms with van der Waals surface area (Å²) in [6, 6.07) is 26.2. The number of amides is 2. The van der Waals surface area contributed by atoms with Gasteiger partial charge in [-0.05, 0) is 41.7 Å². The SMILES string of the molecule is CC(C)[C@H](NC(=O)c1ccccc1)C(=O)Nc1ccccc1Cc1ccccc1. The van der Waals surface area contributed by atoms with E-state index < -0.39 is 6.04 Å². The van der Waals surface area contributed by atoms with E-state index in [1.165, 1.54) is 5.56 Å². The maximum atomic E-state index is 13.0. The van der Waals surface area contributed by atoms with E-state index in [4.69, 9.17) is 0 Å². The Morgan fingerprint density at radius 2 is 1.38 bits per heavy atom. The molecule has 1 atom stereocenters. The molecule has 0 bridgehead atoms. The van der Waals surface area contributed by atoms with E-state index in [1.807, 2.05) is 62.4 Å². The molecule has 3 aromatic carbocycles. The molecule has 0 saturated heterocycles. The van der Waals surface area contributed by atoms with Crippen molar-refractivity contribution in [2.75, 3.05) is 5.32 Å². The molecule has 29 heavy (non-hydrogen) atoms. The summed E-state index contributed by atoms with van der Waals surface area (Å²) < 4.78 is 0. The number of anilines is 1. The minimum Gasteiger partial charge on any atom is -0.340 e.